The topological polar surface area (TPSA) is 78.4 Å². The lowest BCUT2D eigenvalue weighted by molar-refractivity contribution is 0.0320. The van der Waals surface area contributed by atoms with E-state index in [1.54, 1.807) is 0 Å². The van der Waals surface area contributed by atoms with Crippen LogP contribution in [0.2, 0.25) is 0 Å². The van der Waals surface area contributed by atoms with E-state index in [4.69, 9.17) is 0 Å². The Bertz CT molecular complexity index is 578. The number of nitrogens with zero attached hydrogens (tertiary/aromatic N) is 3. The van der Waals surface area contributed by atoms with Gasteiger partial charge in [0, 0.05) is 18.5 Å². The lowest BCUT2D eigenvalue weighted by Gasteiger charge is -2.37. The Morgan fingerprint density at radius 2 is 2.00 bits per heavy atom. The highest BCUT2D eigenvalue weighted by atomic mass is 16.3. The summed E-state index contributed by atoms with van der Waals surface area (Å²) in [6, 6.07) is 1.87. The first-order valence-corrected chi connectivity index (χ1v) is 8.63. The molecule has 0 spiro atoms. The molecule has 3 rings (SSSR count). The van der Waals surface area contributed by atoms with Crippen molar-refractivity contribution in [2.75, 3.05) is 11.9 Å². The van der Waals surface area contributed by atoms with E-state index in [0.29, 0.717) is 5.82 Å². The molecule has 1 aromatic rings. The van der Waals surface area contributed by atoms with Gasteiger partial charge in [0.1, 0.15) is 0 Å². The molecular weight excluding hydrogens is 292 g/mol. The van der Waals surface area contributed by atoms with Crippen molar-refractivity contribution < 1.29 is 9.90 Å². The van der Waals surface area contributed by atoms with Crippen molar-refractivity contribution in [1.82, 2.24) is 15.1 Å². The van der Waals surface area contributed by atoms with E-state index < -0.39 is 0 Å². The zero-order valence-electron chi connectivity index (χ0n) is 14.0. The van der Waals surface area contributed by atoms with E-state index in [-0.39, 0.29) is 24.1 Å². The summed E-state index contributed by atoms with van der Waals surface area (Å²) in [7, 11) is 0. The molecule has 1 saturated heterocycles. The summed E-state index contributed by atoms with van der Waals surface area (Å²) < 4.78 is 0. The Hall–Kier alpha value is -1.69. The highest BCUT2D eigenvalue weighted by Crippen LogP contribution is 2.34. The molecule has 0 aromatic carbocycles. The molecular formula is C17H26N4O2. The second-order valence-electron chi connectivity index (χ2n) is 6.85. The van der Waals surface area contributed by atoms with Gasteiger partial charge in [-0.25, -0.2) is 4.79 Å². The van der Waals surface area contributed by atoms with Crippen molar-refractivity contribution >= 4 is 11.8 Å². The van der Waals surface area contributed by atoms with Gasteiger partial charge in [0.25, 0.3) is 0 Å². The van der Waals surface area contributed by atoms with Gasteiger partial charge in [-0.1, -0.05) is 12.8 Å². The molecule has 0 radical (unpaired) electrons. The molecule has 2 fully saturated rings. The number of amides is 2. The van der Waals surface area contributed by atoms with E-state index in [9.17, 15) is 9.90 Å². The van der Waals surface area contributed by atoms with Crippen LogP contribution in [0, 0.1) is 19.8 Å². The Labute approximate surface area is 137 Å². The number of likely N-dealkylation sites (tertiary alicyclic amines) is 1. The molecule has 1 aliphatic carbocycles. The van der Waals surface area contributed by atoms with Crippen molar-refractivity contribution in [2.45, 2.75) is 64.5 Å². The van der Waals surface area contributed by atoms with Gasteiger partial charge < -0.3 is 10.0 Å². The van der Waals surface area contributed by atoms with Crippen LogP contribution in [-0.2, 0) is 0 Å². The number of aliphatic hydroxyl groups is 1. The molecule has 1 aliphatic heterocycles. The fourth-order valence-electron chi connectivity index (χ4n) is 3.87. The molecule has 2 aliphatic rings. The van der Waals surface area contributed by atoms with Crippen LogP contribution >= 0.6 is 0 Å². The zero-order chi connectivity index (χ0) is 16.4. The minimum atomic E-state index is -0.274. The van der Waals surface area contributed by atoms with Crippen molar-refractivity contribution in [3.8, 4) is 0 Å². The third-order valence-electron chi connectivity index (χ3n) is 5.30. The number of aliphatic hydroxyl groups excluding tert-OH is 1. The largest absolute Gasteiger partial charge is 0.393 e. The molecule has 2 heterocycles. The number of nitrogens with one attached hydrogen (secondary N) is 1. The van der Waals surface area contributed by atoms with Crippen LogP contribution in [0.25, 0.3) is 0 Å². The summed E-state index contributed by atoms with van der Waals surface area (Å²) in [6.45, 7) is 4.60. The molecule has 0 unspecified atom stereocenters. The molecule has 6 heteroatoms. The number of aryl methyl sites for hydroxylation is 2. The lowest BCUT2D eigenvalue weighted by Crippen LogP contribution is -2.46. The van der Waals surface area contributed by atoms with Crippen LogP contribution in [0.4, 0.5) is 10.6 Å². The van der Waals surface area contributed by atoms with Gasteiger partial charge in [-0.05, 0) is 51.2 Å². The molecule has 0 bridgehead atoms. The number of hydrogen-bond acceptors (Lipinski definition) is 4. The van der Waals surface area contributed by atoms with Crippen molar-refractivity contribution in [3.05, 3.63) is 17.3 Å². The average molecular weight is 318 g/mol. The summed E-state index contributed by atoms with van der Waals surface area (Å²) >= 11 is 0. The Morgan fingerprint density at radius 3 is 2.74 bits per heavy atom. The van der Waals surface area contributed by atoms with Crippen LogP contribution in [0.3, 0.4) is 0 Å². The fraction of sp³-hybridized carbons (Fsp3) is 0.706. The third kappa shape index (κ3) is 3.47. The van der Waals surface area contributed by atoms with E-state index in [2.05, 4.69) is 15.5 Å². The number of aromatic nitrogens is 2. The van der Waals surface area contributed by atoms with Crippen molar-refractivity contribution in [3.63, 3.8) is 0 Å². The Morgan fingerprint density at radius 1 is 1.22 bits per heavy atom. The summed E-state index contributed by atoms with van der Waals surface area (Å²) in [5, 5.41) is 21.3. The van der Waals surface area contributed by atoms with Gasteiger partial charge in [-0.3, -0.25) is 5.32 Å². The maximum absolute atomic E-state index is 12.6. The van der Waals surface area contributed by atoms with Gasteiger partial charge in [0.2, 0.25) is 0 Å². The summed E-state index contributed by atoms with van der Waals surface area (Å²) in [5.74, 6) is 0.704. The van der Waals surface area contributed by atoms with Crippen molar-refractivity contribution in [1.29, 1.82) is 0 Å². The monoisotopic (exact) mass is 318 g/mol. The minimum Gasteiger partial charge on any atom is -0.393 e. The normalized spacial score (nSPS) is 28.0. The maximum Gasteiger partial charge on any atom is 0.323 e. The number of anilines is 1. The first-order valence-electron chi connectivity index (χ1n) is 8.63. The van der Waals surface area contributed by atoms with E-state index in [0.717, 1.165) is 56.3 Å². The van der Waals surface area contributed by atoms with Crippen LogP contribution in [0.1, 0.15) is 49.8 Å². The average Bonchev–Trinajstić information content (AvgIpc) is 3.01. The molecule has 126 valence electrons. The second kappa shape index (κ2) is 6.83. The van der Waals surface area contributed by atoms with Gasteiger partial charge in [-0.2, -0.15) is 5.10 Å². The lowest BCUT2D eigenvalue weighted by atomic mass is 9.80. The van der Waals surface area contributed by atoms with Crippen LogP contribution in [0.15, 0.2) is 6.07 Å². The first-order chi connectivity index (χ1) is 11.1. The molecule has 2 amide bonds. The molecule has 2 N–H and O–H groups in total. The van der Waals surface area contributed by atoms with Gasteiger partial charge >= 0.3 is 6.03 Å². The maximum atomic E-state index is 12.6. The van der Waals surface area contributed by atoms with Crippen LogP contribution in [0.5, 0.6) is 0 Å². The molecule has 6 nitrogen and oxygen atoms in total. The van der Waals surface area contributed by atoms with Gasteiger partial charge in [0.15, 0.2) is 5.82 Å². The van der Waals surface area contributed by atoms with E-state index in [1.165, 1.54) is 0 Å². The third-order valence-corrected chi connectivity index (χ3v) is 5.30. The van der Waals surface area contributed by atoms with Crippen LogP contribution < -0.4 is 5.32 Å². The van der Waals surface area contributed by atoms with Gasteiger partial charge in [-0.15, -0.1) is 5.10 Å². The quantitative estimate of drug-likeness (QED) is 0.878. The predicted octanol–water partition coefficient (Wildman–Crippen LogP) is 2.64. The molecule has 1 aromatic heterocycles. The number of carbonyl (C=O) groups is 1. The molecule has 3 atom stereocenters. The SMILES string of the molecule is Cc1cc(NC(=O)N2CCC[C@@H]2[C@@H]2CCCC[C@H]2O)nnc1C. The molecule has 1 saturated carbocycles. The number of carbonyl (C=O) groups excluding carboxylic acids is 1. The number of urea groups is 1. The zero-order valence-corrected chi connectivity index (χ0v) is 14.0. The standard InChI is InChI=1S/C17H26N4O2/c1-11-10-16(20-19-12(11)2)18-17(23)21-9-5-7-14(21)13-6-3-4-8-15(13)22/h10,13-15,22H,3-9H2,1-2H3,(H,18,20,23)/t13-,14+,15+/m0/s1. The highest BCUT2D eigenvalue weighted by molar-refractivity contribution is 5.88. The highest BCUT2D eigenvalue weighted by Gasteiger charge is 2.39. The van der Waals surface area contributed by atoms with Gasteiger partial charge in [0.05, 0.1) is 11.8 Å². The summed E-state index contributed by atoms with van der Waals surface area (Å²) in [4.78, 5) is 14.5. The predicted molar refractivity (Wildman–Crippen MR) is 88.2 cm³/mol. The number of hydrogen-bond donors (Lipinski definition) is 2. The van der Waals surface area contributed by atoms with Crippen molar-refractivity contribution in [2.24, 2.45) is 5.92 Å². The summed E-state index contributed by atoms with van der Waals surface area (Å²) in [5.41, 5.74) is 1.88. The van der Waals surface area contributed by atoms with E-state index >= 15 is 0 Å². The van der Waals surface area contributed by atoms with E-state index in [1.807, 2.05) is 24.8 Å². The minimum absolute atomic E-state index is 0.122. The number of rotatable bonds is 2. The second-order valence-corrected chi connectivity index (χ2v) is 6.85. The Kier molecular flexibility index (Phi) is 4.80. The summed E-state index contributed by atoms with van der Waals surface area (Å²) in [6.07, 6.45) is 5.82. The first kappa shape index (κ1) is 16.2. The smallest absolute Gasteiger partial charge is 0.323 e. The molecule has 23 heavy (non-hydrogen) atoms. The van der Waals surface area contributed by atoms with Crippen LogP contribution in [-0.4, -0.2) is 44.9 Å². The fourth-order valence-corrected chi connectivity index (χ4v) is 3.87. The Balaban J connectivity index is 1.69.